The summed E-state index contributed by atoms with van der Waals surface area (Å²) >= 11 is 0. The monoisotopic (exact) mass is 362 g/mol. The zero-order valence-corrected chi connectivity index (χ0v) is 13.3. The zero-order chi connectivity index (χ0) is 18.9. The van der Waals surface area contributed by atoms with Crippen LogP contribution in [0.2, 0.25) is 0 Å². The number of rotatable bonds is 5. The van der Waals surface area contributed by atoms with Gasteiger partial charge in [0.05, 0.1) is 14.2 Å². The van der Waals surface area contributed by atoms with E-state index in [9.17, 15) is 27.1 Å². The highest BCUT2D eigenvalue weighted by Crippen LogP contribution is 2.52. The maximum atomic E-state index is 14.4. The Labute approximate surface area is 140 Å². The molecule has 1 N–H and O–H groups in total. The van der Waals surface area contributed by atoms with E-state index in [1.165, 1.54) is 38.5 Å². The Morgan fingerprint density at radius 1 is 0.760 bits per heavy atom. The maximum absolute atomic E-state index is 14.4. The van der Waals surface area contributed by atoms with Gasteiger partial charge in [-0.2, -0.15) is 22.0 Å². The van der Waals surface area contributed by atoms with Crippen LogP contribution in [-0.4, -0.2) is 31.4 Å². The second kappa shape index (κ2) is 6.51. The fourth-order valence-corrected chi connectivity index (χ4v) is 2.43. The van der Waals surface area contributed by atoms with Crippen molar-refractivity contribution in [3.63, 3.8) is 0 Å². The molecule has 0 heterocycles. The Hall–Kier alpha value is -2.35. The highest BCUT2D eigenvalue weighted by molar-refractivity contribution is 5.45. The minimum absolute atomic E-state index is 0.0248. The second-order valence-corrected chi connectivity index (χ2v) is 5.25. The van der Waals surface area contributed by atoms with Gasteiger partial charge in [0, 0.05) is 0 Å². The van der Waals surface area contributed by atoms with Gasteiger partial charge >= 0.3 is 12.1 Å². The van der Waals surface area contributed by atoms with Crippen molar-refractivity contribution in [1.82, 2.24) is 0 Å². The van der Waals surface area contributed by atoms with Gasteiger partial charge in [0.2, 0.25) is 0 Å². The minimum Gasteiger partial charge on any atom is -0.497 e. The predicted molar refractivity (Wildman–Crippen MR) is 80.0 cm³/mol. The normalized spacial score (nSPS) is 12.8. The fraction of sp³-hybridized carbons (Fsp3) is 0.294. The van der Waals surface area contributed by atoms with E-state index in [-0.39, 0.29) is 11.5 Å². The van der Waals surface area contributed by atoms with Crippen LogP contribution in [0, 0.1) is 0 Å². The zero-order valence-electron chi connectivity index (χ0n) is 13.3. The van der Waals surface area contributed by atoms with Crippen LogP contribution < -0.4 is 9.47 Å². The standard InChI is InChI=1S/C17H15F5O3/c1-24-13-7-3-5-11(9-13)15(23,16(18,19)17(20,21)22)12-6-4-8-14(10-12)25-2/h3-10,23H,1-2H3. The van der Waals surface area contributed by atoms with Crippen molar-refractivity contribution in [2.75, 3.05) is 14.2 Å². The molecule has 0 atom stereocenters. The van der Waals surface area contributed by atoms with E-state index in [1.807, 2.05) is 0 Å². The molecule has 25 heavy (non-hydrogen) atoms. The number of halogens is 5. The van der Waals surface area contributed by atoms with Crippen molar-refractivity contribution >= 4 is 0 Å². The molecule has 2 aromatic rings. The minimum atomic E-state index is -5.99. The lowest BCUT2D eigenvalue weighted by Gasteiger charge is -2.37. The Balaban J connectivity index is 2.79. The molecule has 0 aliphatic rings. The number of hydrogen-bond acceptors (Lipinski definition) is 3. The third-order valence-corrected chi connectivity index (χ3v) is 3.79. The van der Waals surface area contributed by atoms with Crippen molar-refractivity contribution in [2.45, 2.75) is 17.7 Å². The molecule has 136 valence electrons. The van der Waals surface area contributed by atoms with E-state index in [1.54, 1.807) is 0 Å². The second-order valence-electron chi connectivity index (χ2n) is 5.25. The van der Waals surface area contributed by atoms with Crippen molar-refractivity contribution in [3.8, 4) is 11.5 Å². The molecular weight excluding hydrogens is 347 g/mol. The topological polar surface area (TPSA) is 38.7 Å². The average Bonchev–Trinajstić information content (AvgIpc) is 2.59. The highest BCUT2D eigenvalue weighted by atomic mass is 19.4. The molecule has 0 aliphatic carbocycles. The smallest absolute Gasteiger partial charge is 0.457 e. The van der Waals surface area contributed by atoms with Crippen molar-refractivity contribution in [3.05, 3.63) is 59.7 Å². The molecule has 0 amide bonds. The lowest BCUT2D eigenvalue weighted by molar-refractivity contribution is -0.336. The van der Waals surface area contributed by atoms with Gasteiger partial charge in [-0.05, 0) is 35.4 Å². The first kappa shape index (κ1) is 19.0. The van der Waals surface area contributed by atoms with E-state index in [4.69, 9.17) is 9.47 Å². The Bertz CT molecular complexity index is 696. The van der Waals surface area contributed by atoms with Crippen LogP contribution in [0.1, 0.15) is 11.1 Å². The van der Waals surface area contributed by atoms with Gasteiger partial charge in [-0.15, -0.1) is 0 Å². The van der Waals surface area contributed by atoms with Crippen LogP contribution in [0.15, 0.2) is 48.5 Å². The number of aliphatic hydroxyl groups is 1. The number of benzene rings is 2. The first-order valence-corrected chi connectivity index (χ1v) is 7.04. The molecule has 8 heteroatoms. The Morgan fingerprint density at radius 2 is 1.16 bits per heavy atom. The van der Waals surface area contributed by atoms with Crippen LogP contribution in [0.3, 0.4) is 0 Å². The summed E-state index contributed by atoms with van der Waals surface area (Å²) in [6.07, 6.45) is -5.99. The molecule has 0 aromatic heterocycles. The quantitative estimate of drug-likeness (QED) is 0.813. The molecular formula is C17H15F5O3. The third-order valence-electron chi connectivity index (χ3n) is 3.79. The summed E-state index contributed by atoms with van der Waals surface area (Å²) in [4.78, 5) is 0. The number of alkyl halides is 5. The maximum Gasteiger partial charge on any atom is 0.457 e. The molecule has 2 aromatic carbocycles. The van der Waals surface area contributed by atoms with Gasteiger partial charge < -0.3 is 14.6 Å². The summed E-state index contributed by atoms with van der Waals surface area (Å²) in [5.41, 5.74) is -5.00. The van der Waals surface area contributed by atoms with E-state index in [0.717, 1.165) is 24.3 Å². The van der Waals surface area contributed by atoms with Crippen LogP contribution in [0.5, 0.6) is 11.5 Å². The van der Waals surface area contributed by atoms with Crippen LogP contribution in [0.25, 0.3) is 0 Å². The number of methoxy groups -OCH3 is 2. The molecule has 0 saturated carbocycles. The highest BCUT2D eigenvalue weighted by Gasteiger charge is 2.71. The Morgan fingerprint density at radius 3 is 1.48 bits per heavy atom. The van der Waals surface area contributed by atoms with Gasteiger partial charge in [-0.25, -0.2) is 0 Å². The SMILES string of the molecule is COc1cccc(C(O)(c2cccc(OC)c2)C(F)(F)C(F)(F)F)c1. The fourth-order valence-electron chi connectivity index (χ4n) is 2.43. The van der Waals surface area contributed by atoms with E-state index in [0.29, 0.717) is 0 Å². The average molecular weight is 362 g/mol. The van der Waals surface area contributed by atoms with E-state index in [2.05, 4.69) is 0 Å². The number of hydrogen-bond donors (Lipinski definition) is 1. The molecule has 0 aliphatic heterocycles. The van der Waals surface area contributed by atoms with E-state index >= 15 is 0 Å². The summed E-state index contributed by atoms with van der Waals surface area (Å²) in [7, 11) is 2.46. The summed E-state index contributed by atoms with van der Waals surface area (Å²) in [5.74, 6) is -5.42. The summed E-state index contributed by atoms with van der Waals surface area (Å²) in [5, 5.41) is 10.7. The lowest BCUT2D eigenvalue weighted by atomic mass is 9.80. The molecule has 0 bridgehead atoms. The van der Waals surface area contributed by atoms with Crippen LogP contribution in [0.4, 0.5) is 22.0 Å². The van der Waals surface area contributed by atoms with Gasteiger partial charge in [0.15, 0.2) is 5.60 Å². The van der Waals surface area contributed by atoms with Crippen molar-refractivity contribution in [1.29, 1.82) is 0 Å². The van der Waals surface area contributed by atoms with Crippen molar-refractivity contribution in [2.24, 2.45) is 0 Å². The molecule has 2 rings (SSSR count). The van der Waals surface area contributed by atoms with E-state index < -0.39 is 28.8 Å². The predicted octanol–water partition coefficient (Wildman–Crippen LogP) is 4.14. The first-order chi connectivity index (χ1) is 11.6. The summed E-state index contributed by atoms with van der Waals surface area (Å²) in [6.45, 7) is 0. The lowest BCUT2D eigenvalue weighted by Crippen LogP contribution is -2.55. The summed E-state index contributed by atoms with van der Waals surface area (Å²) in [6, 6.07) is 8.96. The van der Waals surface area contributed by atoms with Crippen LogP contribution in [-0.2, 0) is 5.60 Å². The van der Waals surface area contributed by atoms with Crippen LogP contribution >= 0.6 is 0 Å². The summed E-state index contributed by atoms with van der Waals surface area (Å²) < 4.78 is 77.7. The van der Waals surface area contributed by atoms with Gasteiger partial charge in [0.1, 0.15) is 11.5 Å². The molecule has 3 nitrogen and oxygen atoms in total. The van der Waals surface area contributed by atoms with Crippen molar-refractivity contribution < 1.29 is 36.5 Å². The van der Waals surface area contributed by atoms with Gasteiger partial charge in [0.25, 0.3) is 0 Å². The molecule has 0 saturated heterocycles. The largest absolute Gasteiger partial charge is 0.497 e. The molecule has 0 radical (unpaired) electrons. The molecule has 0 fully saturated rings. The molecule has 0 spiro atoms. The Kier molecular flexibility index (Phi) is 4.94. The third kappa shape index (κ3) is 3.13. The first-order valence-electron chi connectivity index (χ1n) is 7.04. The van der Waals surface area contributed by atoms with Gasteiger partial charge in [-0.3, -0.25) is 0 Å². The number of ether oxygens (including phenoxy) is 2. The molecule has 0 unspecified atom stereocenters. The van der Waals surface area contributed by atoms with Gasteiger partial charge in [-0.1, -0.05) is 24.3 Å².